The highest BCUT2D eigenvalue weighted by atomic mass is 16.5. The number of benzene rings is 2. The van der Waals surface area contributed by atoms with Gasteiger partial charge in [0, 0.05) is 5.39 Å². The second-order valence-corrected chi connectivity index (χ2v) is 4.81. The molecular formula is C18H15NO3. The zero-order valence-corrected chi connectivity index (χ0v) is 12.2. The lowest BCUT2D eigenvalue weighted by Crippen LogP contribution is -2.07. The molecule has 0 aliphatic rings. The fourth-order valence-corrected chi connectivity index (χ4v) is 2.12. The number of aromatic nitrogens is 1. The van der Waals surface area contributed by atoms with Crippen LogP contribution in [0.4, 0.5) is 0 Å². The number of hydrogen-bond donors (Lipinski definition) is 0. The predicted molar refractivity (Wildman–Crippen MR) is 83.9 cm³/mol. The fourth-order valence-electron chi connectivity index (χ4n) is 2.12. The molecule has 1 heterocycles. The summed E-state index contributed by atoms with van der Waals surface area (Å²) in [5, 5.41) is 0.995. The molecule has 0 aliphatic carbocycles. The van der Waals surface area contributed by atoms with E-state index in [4.69, 9.17) is 9.47 Å². The molecule has 0 saturated heterocycles. The molecule has 3 aromatic rings. The first kappa shape index (κ1) is 14.1. The third-order valence-electron chi connectivity index (χ3n) is 3.34. The molecule has 0 N–H and O–H groups in total. The number of fused-ring (bicyclic) bond motifs is 1. The third kappa shape index (κ3) is 3.06. The molecule has 22 heavy (non-hydrogen) atoms. The van der Waals surface area contributed by atoms with Crippen LogP contribution < -0.4 is 4.74 Å². The number of rotatable bonds is 4. The van der Waals surface area contributed by atoms with E-state index in [-0.39, 0.29) is 6.61 Å². The lowest BCUT2D eigenvalue weighted by Gasteiger charge is -2.06. The van der Waals surface area contributed by atoms with Gasteiger partial charge < -0.3 is 9.47 Å². The number of carbonyl (C=O) groups is 1. The first-order valence-electron chi connectivity index (χ1n) is 6.92. The average molecular weight is 293 g/mol. The number of nitrogens with zero attached hydrogens (tertiary/aromatic N) is 1. The van der Waals surface area contributed by atoms with E-state index in [2.05, 4.69) is 4.98 Å². The van der Waals surface area contributed by atoms with Gasteiger partial charge in [0.05, 0.1) is 12.6 Å². The SMILES string of the molecule is COc1ccc(COC(=O)c2ccc3ccccc3n2)cc1. The second kappa shape index (κ2) is 6.26. The van der Waals surface area contributed by atoms with Crippen LogP contribution in [0.1, 0.15) is 16.1 Å². The number of para-hydroxylation sites is 1. The number of esters is 1. The predicted octanol–water partition coefficient (Wildman–Crippen LogP) is 3.60. The van der Waals surface area contributed by atoms with E-state index < -0.39 is 5.97 Å². The van der Waals surface area contributed by atoms with Crippen molar-refractivity contribution in [3.63, 3.8) is 0 Å². The van der Waals surface area contributed by atoms with Crippen LogP contribution in [0.2, 0.25) is 0 Å². The summed E-state index contributed by atoms with van der Waals surface area (Å²) in [7, 11) is 1.61. The maximum absolute atomic E-state index is 12.1. The summed E-state index contributed by atoms with van der Waals surface area (Å²) in [4.78, 5) is 16.4. The molecule has 4 heteroatoms. The van der Waals surface area contributed by atoms with Gasteiger partial charge in [-0.05, 0) is 29.8 Å². The fraction of sp³-hybridized carbons (Fsp3) is 0.111. The Hall–Kier alpha value is -2.88. The van der Waals surface area contributed by atoms with Crippen LogP contribution in [0.25, 0.3) is 10.9 Å². The highest BCUT2D eigenvalue weighted by Crippen LogP contribution is 2.14. The number of carbonyl (C=O) groups excluding carboxylic acids is 1. The van der Waals surface area contributed by atoms with E-state index in [1.807, 2.05) is 54.6 Å². The van der Waals surface area contributed by atoms with Crippen molar-refractivity contribution in [3.8, 4) is 5.75 Å². The van der Waals surface area contributed by atoms with Crippen molar-refractivity contribution in [1.82, 2.24) is 4.98 Å². The monoisotopic (exact) mass is 293 g/mol. The van der Waals surface area contributed by atoms with Crippen LogP contribution in [0, 0.1) is 0 Å². The molecular weight excluding hydrogens is 278 g/mol. The Morgan fingerprint density at radius 1 is 1.00 bits per heavy atom. The van der Waals surface area contributed by atoms with E-state index >= 15 is 0 Å². The Morgan fingerprint density at radius 2 is 1.77 bits per heavy atom. The van der Waals surface area contributed by atoms with Crippen molar-refractivity contribution in [3.05, 3.63) is 71.9 Å². The number of methoxy groups -OCH3 is 1. The van der Waals surface area contributed by atoms with Crippen LogP contribution in [0.15, 0.2) is 60.7 Å². The Bertz CT molecular complexity index is 797. The highest BCUT2D eigenvalue weighted by Gasteiger charge is 2.10. The van der Waals surface area contributed by atoms with Gasteiger partial charge in [0.2, 0.25) is 0 Å². The lowest BCUT2D eigenvalue weighted by atomic mass is 10.2. The maximum atomic E-state index is 12.1. The molecule has 0 fully saturated rings. The zero-order valence-electron chi connectivity index (χ0n) is 12.2. The molecule has 0 saturated carbocycles. The molecule has 0 aliphatic heterocycles. The molecule has 0 bridgehead atoms. The Balaban J connectivity index is 1.69. The molecule has 0 spiro atoms. The van der Waals surface area contributed by atoms with E-state index in [9.17, 15) is 4.79 Å². The quantitative estimate of drug-likeness (QED) is 0.690. The van der Waals surface area contributed by atoms with Crippen LogP contribution in [0.3, 0.4) is 0 Å². The van der Waals surface area contributed by atoms with Crippen molar-refractivity contribution in [1.29, 1.82) is 0 Å². The van der Waals surface area contributed by atoms with E-state index in [0.717, 1.165) is 22.2 Å². The van der Waals surface area contributed by atoms with E-state index in [1.54, 1.807) is 13.2 Å². The van der Waals surface area contributed by atoms with Gasteiger partial charge in [0.25, 0.3) is 0 Å². The molecule has 0 radical (unpaired) electrons. The van der Waals surface area contributed by atoms with Crippen molar-refractivity contribution in [2.45, 2.75) is 6.61 Å². The average Bonchev–Trinajstić information content (AvgIpc) is 2.59. The summed E-state index contributed by atoms with van der Waals surface area (Å²) in [6.45, 7) is 0.206. The molecule has 3 rings (SSSR count). The summed E-state index contributed by atoms with van der Waals surface area (Å²) in [5.74, 6) is 0.341. The summed E-state index contributed by atoms with van der Waals surface area (Å²) < 4.78 is 10.4. The standard InChI is InChI=1S/C18H15NO3/c1-21-15-9-6-13(7-10-15)12-22-18(20)17-11-8-14-4-2-3-5-16(14)19-17/h2-11H,12H2,1H3. The van der Waals surface area contributed by atoms with Crippen LogP contribution in [-0.4, -0.2) is 18.1 Å². The lowest BCUT2D eigenvalue weighted by molar-refractivity contribution is 0.0466. The first-order chi connectivity index (χ1) is 10.8. The highest BCUT2D eigenvalue weighted by molar-refractivity contribution is 5.90. The van der Waals surface area contributed by atoms with Gasteiger partial charge in [-0.2, -0.15) is 0 Å². The van der Waals surface area contributed by atoms with Crippen molar-refractivity contribution >= 4 is 16.9 Å². The van der Waals surface area contributed by atoms with Gasteiger partial charge in [-0.15, -0.1) is 0 Å². The normalized spacial score (nSPS) is 10.4. The number of ether oxygens (including phenoxy) is 2. The minimum Gasteiger partial charge on any atom is -0.497 e. The first-order valence-corrected chi connectivity index (χ1v) is 6.92. The smallest absolute Gasteiger partial charge is 0.357 e. The van der Waals surface area contributed by atoms with Gasteiger partial charge in [0.1, 0.15) is 18.1 Å². The topological polar surface area (TPSA) is 48.4 Å². The van der Waals surface area contributed by atoms with Crippen molar-refractivity contribution in [2.24, 2.45) is 0 Å². The molecule has 0 amide bonds. The summed E-state index contributed by atoms with van der Waals surface area (Å²) in [6.07, 6.45) is 0. The van der Waals surface area contributed by atoms with Gasteiger partial charge >= 0.3 is 5.97 Å². The summed E-state index contributed by atoms with van der Waals surface area (Å²) in [5.41, 5.74) is 1.99. The van der Waals surface area contributed by atoms with Gasteiger partial charge in [0.15, 0.2) is 0 Å². The third-order valence-corrected chi connectivity index (χ3v) is 3.34. The van der Waals surface area contributed by atoms with Crippen molar-refractivity contribution < 1.29 is 14.3 Å². The Kier molecular flexibility index (Phi) is 4.01. The molecule has 0 unspecified atom stereocenters. The Morgan fingerprint density at radius 3 is 2.55 bits per heavy atom. The second-order valence-electron chi connectivity index (χ2n) is 4.81. The molecule has 1 aromatic heterocycles. The van der Waals surface area contributed by atoms with E-state index in [0.29, 0.717) is 5.69 Å². The van der Waals surface area contributed by atoms with Crippen LogP contribution >= 0.6 is 0 Å². The van der Waals surface area contributed by atoms with Crippen LogP contribution in [0.5, 0.6) is 5.75 Å². The number of pyridine rings is 1. The van der Waals surface area contributed by atoms with Gasteiger partial charge in [-0.1, -0.05) is 36.4 Å². The van der Waals surface area contributed by atoms with Gasteiger partial charge in [-0.3, -0.25) is 0 Å². The minimum absolute atomic E-state index is 0.206. The van der Waals surface area contributed by atoms with Crippen molar-refractivity contribution in [2.75, 3.05) is 7.11 Å². The summed E-state index contributed by atoms with van der Waals surface area (Å²) in [6, 6.07) is 18.6. The number of hydrogen-bond acceptors (Lipinski definition) is 4. The minimum atomic E-state index is -0.429. The maximum Gasteiger partial charge on any atom is 0.357 e. The zero-order chi connectivity index (χ0) is 15.4. The van der Waals surface area contributed by atoms with Crippen LogP contribution in [-0.2, 0) is 11.3 Å². The summed E-state index contributed by atoms with van der Waals surface area (Å²) >= 11 is 0. The molecule has 4 nitrogen and oxygen atoms in total. The molecule has 110 valence electrons. The Labute approximate surface area is 128 Å². The van der Waals surface area contributed by atoms with Gasteiger partial charge in [-0.25, -0.2) is 9.78 Å². The van der Waals surface area contributed by atoms with E-state index in [1.165, 1.54) is 0 Å². The molecule has 0 atom stereocenters. The molecule has 2 aromatic carbocycles. The largest absolute Gasteiger partial charge is 0.497 e.